The first-order valence-electron chi connectivity index (χ1n) is 8.56. The zero-order valence-corrected chi connectivity index (χ0v) is 15.3. The minimum Gasteiger partial charge on any atom is -0.0859 e. The molecule has 0 spiro atoms. The summed E-state index contributed by atoms with van der Waals surface area (Å²) < 4.78 is 0. The van der Waals surface area contributed by atoms with Crippen molar-refractivity contribution in [2.24, 2.45) is 0 Å². The fourth-order valence-corrected chi connectivity index (χ4v) is 2.34. The van der Waals surface area contributed by atoms with Crippen LogP contribution in [-0.4, -0.2) is 0 Å². The molecule has 0 saturated carbocycles. The van der Waals surface area contributed by atoms with Crippen LogP contribution >= 0.6 is 0 Å². The highest BCUT2D eigenvalue weighted by Gasteiger charge is 1.93. The Morgan fingerprint density at radius 3 is 1.33 bits per heavy atom. The lowest BCUT2D eigenvalue weighted by Crippen LogP contribution is -1.82. The van der Waals surface area contributed by atoms with Gasteiger partial charge in [-0.1, -0.05) is 53.5 Å². The highest BCUT2D eigenvalue weighted by atomic mass is 14.0. The van der Waals surface area contributed by atoms with E-state index in [9.17, 15) is 0 Å². The molecule has 0 aliphatic rings. The van der Waals surface area contributed by atoms with Crippen LogP contribution < -0.4 is 0 Å². The molecule has 21 heavy (non-hydrogen) atoms. The first-order chi connectivity index (χ1) is 9.95. The highest BCUT2D eigenvalue weighted by molar-refractivity contribution is 5.06. The van der Waals surface area contributed by atoms with Gasteiger partial charge in [0, 0.05) is 0 Å². The Balaban J connectivity index is 3.93. The van der Waals surface area contributed by atoms with Gasteiger partial charge in [-0.25, -0.2) is 0 Å². The van der Waals surface area contributed by atoms with E-state index in [0.717, 1.165) is 6.42 Å². The second kappa shape index (κ2) is 12.7. The molecule has 0 saturated heterocycles. The van der Waals surface area contributed by atoms with Crippen LogP contribution in [-0.2, 0) is 0 Å². The second-order valence-corrected chi connectivity index (χ2v) is 6.46. The molecule has 0 atom stereocenters. The van der Waals surface area contributed by atoms with Crippen molar-refractivity contribution in [3.05, 3.63) is 46.6 Å². The van der Waals surface area contributed by atoms with E-state index in [1.54, 1.807) is 0 Å². The SMILES string of the molecule is CCC=C(C)CCC=C(C)CCC=C(C)CCC=C(C)C. The van der Waals surface area contributed by atoms with Crippen molar-refractivity contribution >= 4 is 0 Å². The van der Waals surface area contributed by atoms with Crippen LogP contribution in [0.1, 0.15) is 86.5 Å². The Kier molecular flexibility index (Phi) is 12.1. The van der Waals surface area contributed by atoms with Crippen molar-refractivity contribution in [2.45, 2.75) is 86.5 Å². The van der Waals surface area contributed by atoms with E-state index in [2.05, 4.69) is 65.8 Å². The van der Waals surface area contributed by atoms with Gasteiger partial charge in [-0.15, -0.1) is 0 Å². The molecular formula is C21H36. The van der Waals surface area contributed by atoms with E-state index in [0.29, 0.717) is 0 Å². The molecule has 0 radical (unpaired) electrons. The molecule has 0 heteroatoms. The number of hydrogen-bond donors (Lipinski definition) is 0. The normalized spacial score (nSPS) is 13.5. The number of allylic oxidation sites excluding steroid dienone is 8. The quantitative estimate of drug-likeness (QED) is 0.364. The maximum absolute atomic E-state index is 2.42. The monoisotopic (exact) mass is 288 g/mol. The van der Waals surface area contributed by atoms with E-state index in [-0.39, 0.29) is 0 Å². The predicted octanol–water partition coefficient (Wildman–Crippen LogP) is 7.54. The number of rotatable bonds is 10. The molecule has 0 unspecified atom stereocenters. The van der Waals surface area contributed by atoms with Crippen molar-refractivity contribution in [3.63, 3.8) is 0 Å². The van der Waals surface area contributed by atoms with Gasteiger partial charge in [0.05, 0.1) is 0 Å². The number of hydrogen-bond acceptors (Lipinski definition) is 0. The van der Waals surface area contributed by atoms with Crippen molar-refractivity contribution in [2.75, 3.05) is 0 Å². The molecule has 0 fully saturated rings. The van der Waals surface area contributed by atoms with Gasteiger partial charge in [-0.05, 0) is 79.6 Å². The third kappa shape index (κ3) is 13.7. The molecule has 0 aromatic heterocycles. The van der Waals surface area contributed by atoms with Gasteiger partial charge < -0.3 is 0 Å². The summed E-state index contributed by atoms with van der Waals surface area (Å²) in [4.78, 5) is 0. The molecule has 120 valence electrons. The standard InChI is InChI=1S/C21H36/c1-7-11-19(4)14-9-15-21(6)17-10-16-20(5)13-8-12-18(2)3/h11-12,15-16H,7-10,13-14,17H2,1-6H3. The summed E-state index contributed by atoms with van der Waals surface area (Å²) >= 11 is 0. The minimum atomic E-state index is 1.16. The molecule has 0 aromatic rings. The maximum atomic E-state index is 2.42. The molecular weight excluding hydrogens is 252 g/mol. The Hall–Kier alpha value is -1.04. The Morgan fingerprint density at radius 2 is 0.952 bits per heavy atom. The van der Waals surface area contributed by atoms with E-state index in [1.165, 1.54) is 60.8 Å². The summed E-state index contributed by atoms with van der Waals surface area (Å²) in [5.74, 6) is 0. The van der Waals surface area contributed by atoms with Crippen LogP contribution in [0.15, 0.2) is 46.6 Å². The second-order valence-electron chi connectivity index (χ2n) is 6.46. The van der Waals surface area contributed by atoms with Crippen molar-refractivity contribution in [1.29, 1.82) is 0 Å². The van der Waals surface area contributed by atoms with Gasteiger partial charge in [0.2, 0.25) is 0 Å². The molecule has 0 bridgehead atoms. The summed E-state index contributed by atoms with van der Waals surface area (Å²) in [6.45, 7) is 13.3. The van der Waals surface area contributed by atoms with Crippen LogP contribution in [0.5, 0.6) is 0 Å². The van der Waals surface area contributed by atoms with Gasteiger partial charge in [0.1, 0.15) is 0 Å². The summed E-state index contributed by atoms with van der Waals surface area (Å²) in [6.07, 6.45) is 17.8. The Morgan fingerprint density at radius 1 is 0.571 bits per heavy atom. The Labute approximate surface area is 133 Å². The maximum Gasteiger partial charge on any atom is -0.0288 e. The molecule has 0 aliphatic heterocycles. The fourth-order valence-electron chi connectivity index (χ4n) is 2.34. The molecule has 0 rings (SSSR count). The van der Waals surface area contributed by atoms with E-state index >= 15 is 0 Å². The summed E-state index contributed by atoms with van der Waals surface area (Å²) in [5.41, 5.74) is 6.01. The molecule has 0 aliphatic carbocycles. The third-order valence-corrected chi connectivity index (χ3v) is 3.71. The molecule has 0 heterocycles. The topological polar surface area (TPSA) is 0 Å². The lowest BCUT2D eigenvalue weighted by Gasteiger charge is -2.02. The van der Waals surface area contributed by atoms with Gasteiger partial charge in [0.25, 0.3) is 0 Å². The fraction of sp³-hybridized carbons (Fsp3) is 0.619. The average molecular weight is 289 g/mol. The van der Waals surface area contributed by atoms with Gasteiger partial charge in [0.15, 0.2) is 0 Å². The third-order valence-electron chi connectivity index (χ3n) is 3.71. The van der Waals surface area contributed by atoms with Crippen molar-refractivity contribution in [1.82, 2.24) is 0 Å². The lowest BCUT2D eigenvalue weighted by molar-refractivity contribution is 0.897. The van der Waals surface area contributed by atoms with Crippen LogP contribution in [0.2, 0.25) is 0 Å². The van der Waals surface area contributed by atoms with E-state index < -0.39 is 0 Å². The first-order valence-corrected chi connectivity index (χ1v) is 8.56. The average Bonchev–Trinajstić information content (AvgIpc) is 2.38. The summed E-state index contributed by atoms with van der Waals surface area (Å²) in [5, 5.41) is 0. The van der Waals surface area contributed by atoms with Gasteiger partial charge >= 0.3 is 0 Å². The zero-order chi connectivity index (χ0) is 16.1. The molecule has 0 amide bonds. The first kappa shape index (κ1) is 20.0. The largest absolute Gasteiger partial charge is 0.0859 e. The van der Waals surface area contributed by atoms with E-state index in [1.807, 2.05) is 0 Å². The predicted molar refractivity (Wildman–Crippen MR) is 98.7 cm³/mol. The molecule has 0 aromatic carbocycles. The van der Waals surface area contributed by atoms with Crippen molar-refractivity contribution < 1.29 is 0 Å². The van der Waals surface area contributed by atoms with E-state index in [4.69, 9.17) is 0 Å². The van der Waals surface area contributed by atoms with Gasteiger partial charge in [-0.2, -0.15) is 0 Å². The Bertz CT molecular complexity index is 384. The molecule has 0 nitrogen and oxygen atoms in total. The smallest absolute Gasteiger partial charge is 0.0288 e. The summed E-state index contributed by atoms with van der Waals surface area (Å²) in [7, 11) is 0. The summed E-state index contributed by atoms with van der Waals surface area (Å²) in [6, 6.07) is 0. The molecule has 0 N–H and O–H groups in total. The van der Waals surface area contributed by atoms with Crippen LogP contribution in [0.3, 0.4) is 0 Å². The zero-order valence-electron chi connectivity index (χ0n) is 15.3. The minimum absolute atomic E-state index is 1.16. The lowest BCUT2D eigenvalue weighted by atomic mass is 10.0. The van der Waals surface area contributed by atoms with Gasteiger partial charge in [-0.3, -0.25) is 0 Å². The van der Waals surface area contributed by atoms with Crippen LogP contribution in [0.25, 0.3) is 0 Å². The van der Waals surface area contributed by atoms with Crippen molar-refractivity contribution in [3.8, 4) is 0 Å². The van der Waals surface area contributed by atoms with Crippen LogP contribution in [0, 0.1) is 0 Å². The van der Waals surface area contributed by atoms with Crippen LogP contribution in [0.4, 0.5) is 0 Å². The highest BCUT2D eigenvalue weighted by Crippen LogP contribution is 2.13.